The van der Waals surface area contributed by atoms with E-state index in [4.69, 9.17) is 33.9 Å². The van der Waals surface area contributed by atoms with Crippen LogP contribution >= 0.6 is 11.3 Å². The van der Waals surface area contributed by atoms with Crippen molar-refractivity contribution in [3.05, 3.63) is 144 Å². The number of amides is 2. The van der Waals surface area contributed by atoms with E-state index in [1.807, 2.05) is 167 Å². The molecule has 4 aromatic heterocycles. The summed E-state index contributed by atoms with van der Waals surface area (Å²) in [5, 5.41) is 1.25. The normalized spacial score (nSPS) is 11.1. The number of thiophene rings is 1. The number of aromatic nitrogens is 6. The molecule has 21 heteroatoms. The Morgan fingerprint density at radius 2 is 0.840 bits per heavy atom. The standard InChI is InChI=1S/C27H32N2O4S.2C26H33N3O4/c1-19-26(21-10-6-7-11-24(21)34-19)27-28-22-14-13-20(18-23(22)29(27)15-9-16-31-2)33-17-8-4-5-12-25(30)32-3;1-4-28(5-2)24(30)19-29-23-16-15-21(33-17-11-7-10-14-25(31)32-3)18-22(23)27-26(29)20-12-8-6-9-13-20;1-4-28(5-2)24(30)19-29-23-18-21(33-17-11-7-10-14-25(31)32-3)15-16-22(23)27-26(29)20-12-8-6-9-13-20/h6-7,10-11,13-14,18H,4-5,8-9,12,15-17H2,1-3H3;2*6,8-9,12-13,15-16,18H,4-5,7,10-11,14,17,19H2,1-3H3. The van der Waals surface area contributed by atoms with Gasteiger partial charge in [0.2, 0.25) is 11.8 Å². The summed E-state index contributed by atoms with van der Waals surface area (Å²) in [7, 11) is 5.98. The van der Waals surface area contributed by atoms with E-state index in [-0.39, 0.29) is 42.8 Å². The number of carbonyl (C=O) groups excluding carboxylic acids is 5. The lowest BCUT2D eigenvalue weighted by atomic mass is 10.1. The minimum Gasteiger partial charge on any atom is -0.494 e. The number of rotatable bonds is 36. The van der Waals surface area contributed by atoms with Crippen LogP contribution in [0.4, 0.5) is 0 Å². The topological polar surface area (TPSA) is 210 Å². The molecule has 0 unspecified atom stereocenters. The van der Waals surface area contributed by atoms with Crippen molar-refractivity contribution >= 4 is 84.2 Å². The Morgan fingerprint density at radius 3 is 1.31 bits per heavy atom. The molecule has 10 rings (SSSR count). The molecule has 0 N–H and O–H groups in total. The molecule has 0 spiro atoms. The van der Waals surface area contributed by atoms with Gasteiger partial charge in [-0.25, -0.2) is 15.0 Å². The summed E-state index contributed by atoms with van der Waals surface area (Å²) >= 11 is 1.81. The second-order valence-electron chi connectivity index (χ2n) is 24.0. The first kappa shape index (κ1) is 76.2. The number of ether oxygens (including phenoxy) is 7. The molecule has 0 radical (unpaired) electrons. The largest absolute Gasteiger partial charge is 0.494 e. The summed E-state index contributed by atoms with van der Waals surface area (Å²) in [6.45, 7) is 16.6. The summed E-state index contributed by atoms with van der Waals surface area (Å²) in [4.78, 5) is 79.1. The van der Waals surface area contributed by atoms with Crippen molar-refractivity contribution in [1.29, 1.82) is 0 Å². The monoisotopic (exact) mass is 1380 g/mol. The molecule has 532 valence electrons. The first-order valence-corrected chi connectivity index (χ1v) is 35.8. The fraction of sp³-hybridized carbons (Fsp3) is 0.418. The van der Waals surface area contributed by atoms with E-state index in [0.29, 0.717) is 71.9 Å². The number of benzene rings is 6. The molecule has 2 amide bonds. The van der Waals surface area contributed by atoms with E-state index in [9.17, 15) is 24.0 Å². The van der Waals surface area contributed by atoms with Crippen LogP contribution < -0.4 is 14.2 Å². The fourth-order valence-corrected chi connectivity index (χ4v) is 13.0. The highest BCUT2D eigenvalue weighted by atomic mass is 32.1. The van der Waals surface area contributed by atoms with Gasteiger partial charge in [-0.2, -0.15) is 0 Å². The lowest BCUT2D eigenvalue weighted by Gasteiger charge is -2.20. The van der Waals surface area contributed by atoms with Crippen molar-refractivity contribution in [2.75, 3.05) is 81.0 Å². The van der Waals surface area contributed by atoms with Crippen molar-refractivity contribution in [3.8, 4) is 51.4 Å². The number of nitrogens with zero attached hydrogens (tertiary/aromatic N) is 8. The fourth-order valence-electron chi connectivity index (χ4n) is 11.9. The first-order chi connectivity index (χ1) is 48.8. The molecular weight excluding hydrogens is 1280 g/mol. The molecule has 4 heterocycles. The van der Waals surface area contributed by atoms with Crippen molar-refractivity contribution in [3.63, 3.8) is 0 Å². The lowest BCUT2D eigenvalue weighted by molar-refractivity contribution is -0.141. The zero-order valence-corrected chi connectivity index (χ0v) is 60.5. The highest BCUT2D eigenvalue weighted by molar-refractivity contribution is 7.19. The zero-order chi connectivity index (χ0) is 71.2. The highest BCUT2D eigenvalue weighted by Crippen LogP contribution is 2.40. The van der Waals surface area contributed by atoms with E-state index in [1.165, 1.54) is 41.9 Å². The molecule has 100 heavy (non-hydrogen) atoms. The van der Waals surface area contributed by atoms with E-state index in [2.05, 4.69) is 56.0 Å². The maximum Gasteiger partial charge on any atom is 0.305 e. The van der Waals surface area contributed by atoms with Crippen LogP contribution in [0.25, 0.3) is 77.3 Å². The average Bonchev–Trinajstić information content (AvgIpc) is 1.62. The van der Waals surface area contributed by atoms with Crippen LogP contribution in [0.15, 0.2) is 140 Å². The molecule has 0 aliphatic heterocycles. The van der Waals surface area contributed by atoms with Crippen LogP contribution in [-0.4, -0.2) is 149 Å². The smallest absolute Gasteiger partial charge is 0.305 e. The number of unbranched alkanes of at least 4 members (excludes halogenated alkanes) is 6. The minimum atomic E-state index is -0.178. The molecule has 6 aromatic carbocycles. The van der Waals surface area contributed by atoms with Gasteiger partial charge in [-0.3, -0.25) is 24.0 Å². The zero-order valence-electron chi connectivity index (χ0n) is 59.6. The van der Waals surface area contributed by atoms with Gasteiger partial charge in [0.15, 0.2) is 0 Å². The summed E-state index contributed by atoms with van der Waals surface area (Å²) in [5.41, 5.74) is 8.58. The number of aryl methyl sites for hydroxylation is 2. The van der Waals surface area contributed by atoms with Crippen LogP contribution in [-0.2, 0) is 62.6 Å². The highest BCUT2D eigenvalue weighted by Gasteiger charge is 2.23. The van der Waals surface area contributed by atoms with Gasteiger partial charge >= 0.3 is 17.9 Å². The quantitative estimate of drug-likeness (QED) is 0.0203. The maximum absolute atomic E-state index is 12.9. The van der Waals surface area contributed by atoms with Gasteiger partial charge in [-0.15, -0.1) is 11.3 Å². The van der Waals surface area contributed by atoms with Gasteiger partial charge < -0.3 is 56.7 Å². The van der Waals surface area contributed by atoms with Gasteiger partial charge in [0.25, 0.3) is 0 Å². The van der Waals surface area contributed by atoms with Crippen LogP contribution in [0.3, 0.4) is 0 Å². The lowest BCUT2D eigenvalue weighted by Crippen LogP contribution is -2.33. The second kappa shape index (κ2) is 39.9. The second-order valence-corrected chi connectivity index (χ2v) is 25.3. The average molecular weight is 1380 g/mol. The minimum absolute atomic E-state index is 0.0633. The molecule has 0 aliphatic rings. The Bertz CT molecular complexity index is 4190. The number of likely N-dealkylation sites (N-methyl/N-ethyl adjacent to an activating group) is 2. The maximum atomic E-state index is 12.9. The summed E-state index contributed by atoms with van der Waals surface area (Å²) < 4.78 is 44.8. The Morgan fingerprint density at radius 1 is 0.420 bits per heavy atom. The van der Waals surface area contributed by atoms with Gasteiger partial charge in [0.1, 0.15) is 47.8 Å². The molecule has 0 fully saturated rings. The Hall–Kier alpha value is -9.60. The van der Waals surface area contributed by atoms with Gasteiger partial charge in [0.05, 0.1) is 74.3 Å². The van der Waals surface area contributed by atoms with E-state index in [0.717, 1.165) is 150 Å². The number of carbonyl (C=O) groups is 5. The predicted molar refractivity (Wildman–Crippen MR) is 396 cm³/mol. The Kier molecular flexibility index (Phi) is 30.4. The van der Waals surface area contributed by atoms with E-state index >= 15 is 0 Å². The third-order valence-corrected chi connectivity index (χ3v) is 18.4. The Labute approximate surface area is 591 Å². The molecule has 10 aromatic rings. The van der Waals surface area contributed by atoms with Crippen LogP contribution in [0.2, 0.25) is 0 Å². The molecule has 0 aliphatic carbocycles. The molecule has 0 atom stereocenters. The number of imidazole rings is 3. The first-order valence-electron chi connectivity index (χ1n) is 35.0. The van der Waals surface area contributed by atoms with E-state index < -0.39 is 0 Å². The predicted octanol–water partition coefficient (Wildman–Crippen LogP) is 15.7. The van der Waals surface area contributed by atoms with Crippen molar-refractivity contribution in [2.45, 2.75) is 138 Å². The van der Waals surface area contributed by atoms with Crippen LogP contribution in [0, 0.1) is 6.92 Å². The molecular formula is C79H98N8O12S. The molecule has 0 saturated heterocycles. The van der Waals surface area contributed by atoms with Crippen LogP contribution in [0.1, 0.15) is 116 Å². The number of hydrogen-bond acceptors (Lipinski definition) is 16. The van der Waals surface area contributed by atoms with Crippen molar-refractivity contribution in [2.24, 2.45) is 0 Å². The van der Waals surface area contributed by atoms with Gasteiger partial charge in [0, 0.05) is 116 Å². The molecule has 0 bridgehead atoms. The Balaban J connectivity index is 0.000000191. The number of hydrogen-bond donors (Lipinski definition) is 0. The number of methoxy groups -OCH3 is 4. The van der Waals surface area contributed by atoms with Crippen LogP contribution in [0.5, 0.6) is 17.2 Å². The molecule has 20 nitrogen and oxygen atoms in total. The molecule has 0 saturated carbocycles. The number of esters is 3. The third kappa shape index (κ3) is 21.2. The van der Waals surface area contributed by atoms with E-state index in [1.54, 1.807) is 7.11 Å². The summed E-state index contributed by atoms with van der Waals surface area (Å²) in [6.07, 6.45) is 9.97. The van der Waals surface area contributed by atoms with Gasteiger partial charge in [-0.1, -0.05) is 78.9 Å². The SMILES string of the molecule is CCN(CC)C(=O)Cn1c(-c2ccccc2)nc2cc(OCCCCCC(=O)OC)ccc21.CCN(CC)C(=O)Cn1c(-c2ccccc2)nc2ccc(OCCCCCC(=O)OC)cc21.COCCCn1c(-c2c(C)sc3ccccc23)nc2ccc(OCCCCCC(=O)OC)cc21. The third-order valence-electron chi connectivity index (χ3n) is 17.3. The summed E-state index contributed by atoms with van der Waals surface area (Å²) in [5.74, 6) is 4.50. The van der Waals surface area contributed by atoms with Crippen molar-refractivity contribution in [1.82, 2.24) is 38.5 Å². The summed E-state index contributed by atoms with van der Waals surface area (Å²) in [6, 6.07) is 46.1. The van der Waals surface area contributed by atoms with Crippen molar-refractivity contribution < 1.29 is 57.1 Å². The number of fused-ring (bicyclic) bond motifs is 4. The van der Waals surface area contributed by atoms with Gasteiger partial charge in [-0.05, 0) is 141 Å².